The molecule has 0 amide bonds. The molecule has 0 aliphatic heterocycles. The normalized spacial score (nSPS) is 10.2. The highest BCUT2D eigenvalue weighted by atomic mass is 79.9. The maximum Gasteiger partial charge on any atom is 0.280 e. The van der Waals surface area contributed by atoms with E-state index in [1.165, 1.54) is 6.07 Å². The monoisotopic (exact) mass is 310 g/mol. The first-order chi connectivity index (χ1) is 6.06. The smallest absolute Gasteiger partial charge is 0.235 e. The summed E-state index contributed by atoms with van der Waals surface area (Å²) < 4.78 is 25.2. The molecular formula is C7H2Br2F2N2. The van der Waals surface area contributed by atoms with Crippen LogP contribution in [-0.4, -0.2) is 4.98 Å². The molecule has 0 aliphatic rings. The summed E-state index contributed by atoms with van der Waals surface area (Å²) in [5, 5.41) is 8.54. The van der Waals surface area contributed by atoms with Crippen LogP contribution >= 0.6 is 31.9 Å². The van der Waals surface area contributed by atoms with Crippen molar-refractivity contribution in [2.24, 2.45) is 0 Å². The third kappa shape index (κ3) is 2.23. The Morgan fingerprint density at radius 2 is 2.08 bits per heavy atom. The first-order valence-electron chi connectivity index (χ1n) is 3.10. The van der Waals surface area contributed by atoms with Crippen molar-refractivity contribution in [2.75, 3.05) is 0 Å². The Morgan fingerprint density at radius 3 is 2.54 bits per heavy atom. The van der Waals surface area contributed by atoms with Crippen LogP contribution in [0.1, 0.15) is 17.8 Å². The number of hydrogen-bond acceptors (Lipinski definition) is 2. The molecule has 0 bridgehead atoms. The van der Waals surface area contributed by atoms with Gasteiger partial charge in [0, 0.05) is 4.47 Å². The summed E-state index contributed by atoms with van der Waals surface area (Å²) in [5.41, 5.74) is -0.462. The molecule has 1 aromatic rings. The van der Waals surface area contributed by atoms with Crippen LogP contribution in [0.25, 0.3) is 0 Å². The molecule has 2 nitrogen and oxygen atoms in total. The van der Waals surface area contributed by atoms with Gasteiger partial charge in [0.2, 0.25) is 0 Å². The molecule has 0 spiro atoms. The Balaban J connectivity index is 3.32. The minimum absolute atomic E-state index is 0.0512. The summed E-state index contributed by atoms with van der Waals surface area (Å²) in [5.74, 6) is 0. The van der Waals surface area contributed by atoms with Crippen LogP contribution in [0.15, 0.2) is 15.0 Å². The van der Waals surface area contributed by atoms with Gasteiger partial charge in [-0.1, -0.05) is 0 Å². The van der Waals surface area contributed by atoms with Gasteiger partial charge in [0.25, 0.3) is 6.43 Å². The molecule has 0 radical (unpaired) electrons. The number of nitrogens with zero attached hydrogens (tertiary/aromatic N) is 2. The van der Waals surface area contributed by atoms with Gasteiger partial charge in [-0.3, -0.25) is 0 Å². The molecule has 0 unspecified atom stereocenters. The van der Waals surface area contributed by atoms with Gasteiger partial charge >= 0.3 is 0 Å². The van der Waals surface area contributed by atoms with E-state index >= 15 is 0 Å². The Labute approximate surface area is 89.8 Å². The zero-order chi connectivity index (χ0) is 10.0. The molecular weight excluding hydrogens is 310 g/mol. The lowest BCUT2D eigenvalue weighted by Crippen LogP contribution is -1.94. The highest BCUT2D eigenvalue weighted by Crippen LogP contribution is 2.29. The molecule has 0 saturated heterocycles. The molecule has 1 aromatic heterocycles. The van der Waals surface area contributed by atoms with Gasteiger partial charge in [0.05, 0.1) is 4.47 Å². The Kier molecular flexibility index (Phi) is 3.33. The molecule has 0 aromatic carbocycles. The van der Waals surface area contributed by atoms with E-state index in [2.05, 4.69) is 36.8 Å². The predicted octanol–water partition coefficient (Wildman–Crippen LogP) is 3.42. The molecule has 6 heteroatoms. The summed E-state index contributed by atoms with van der Waals surface area (Å²) in [6.07, 6.45) is -2.67. The standard InChI is InChI=1S/C7H2Br2F2N2/c8-3-1-4(7(10)11)13-5(2-12)6(3)9/h1,7H. The largest absolute Gasteiger partial charge is 0.280 e. The van der Waals surface area contributed by atoms with Gasteiger partial charge in [-0.15, -0.1) is 0 Å². The first kappa shape index (κ1) is 10.5. The lowest BCUT2D eigenvalue weighted by molar-refractivity contribution is 0.146. The third-order valence-corrected chi connectivity index (χ3v) is 3.22. The van der Waals surface area contributed by atoms with Gasteiger partial charge in [-0.05, 0) is 37.9 Å². The number of pyridine rings is 1. The van der Waals surface area contributed by atoms with Crippen molar-refractivity contribution in [1.82, 2.24) is 4.98 Å². The second-order valence-electron chi connectivity index (χ2n) is 2.10. The number of alkyl halides is 2. The summed E-state index contributed by atoms with van der Waals surface area (Å²) in [6, 6.07) is 2.89. The van der Waals surface area contributed by atoms with Crippen molar-refractivity contribution in [3.63, 3.8) is 0 Å². The number of nitriles is 1. The summed E-state index contributed by atoms with van der Waals surface area (Å²) in [7, 11) is 0. The van der Waals surface area contributed by atoms with Gasteiger partial charge in [0.1, 0.15) is 11.8 Å². The van der Waals surface area contributed by atoms with Crippen molar-refractivity contribution >= 4 is 31.9 Å². The Bertz CT molecular complexity index is 373. The van der Waals surface area contributed by atoms with Crippen LogP contribution in [-0.2, 0) is 0 Å². The molecule has 68 valence electrons. The molecule has 1 heterocycles. The van der Waals surface area contributed by atoms with E-state index in [-0.39, 0.29) is 5.69 Å². The van der Waals surface area contributed by atoms with Crippen LogP contribution in [0.3, 0.4) is 0 Å². The number of halogens is 4. The average molecular weight is 312 g/mol. The SMILES string of the molecule is N#Cc1nc(C(F)F)cc(Br)c1Br. The van der Waals surface area contributed by atoms with E-state index in [9.17, 15) is 8.78 Å². The summed E-state index contributed by atoms with van der Waals surface area (Å²) >= 11 is 6.08. The van der Waals surface area contributed by atoms with Crippen molar-refractivity contribution in [3.05, 3.63) is 26.4 Å². The lowest BCUT2D eigenvalue weighted by atomic mass is 10.3. The summed E-state index contributed by atoms with van der Waals surface area (Å²) in [6.45, 7) is 0. The maximum atomic E-state index is 12.2. The van der Waals surface area contributed by atoms with E-state index < -0.39 is 12.1 Å². The zero-order valence-corrected chi connectivity index (χ0v) is 9.23. The van der Waals surface area contributed by atoms with Gasteiger partial charge < -0.3 is 0 Å². The highest BCUT2D eigenvalue weighted by molar-refractivity contribution is 9.13. The quantitative estimate of drug-likeness (QED) is 0.797. The number of hydrogen-bond donors (Lipinski definition) is 0. The molecule has 1 rings (SSSR count). The fraction of sp³-hybridized carbons (Fsp3) is 0.143. The lowest BCUT2D eigenvalue weighted by Gasteiger charge is -2.02. The van der Waals surface area contributed by atoms with Crippen LogP contribution < -0.4 is 0 Å². The minimum atomic E-state index is -2.67. The van der Waals surface area contributed by atoms with E-state index in [1.54, 1.807) is 6.07 Å². The maximum absolute atomic E-state index is 12.2. The van der Waals surface area contributed by atoms with Crippen molar-refractivity contribution in [1.29, 1.82) is 5.26 Å². The molecule has 0 N–H and O–H groups in total. The second-order valence-corrected chi connectivity index (χ2v) is 3.75. The van der Waals surface area contributed by atoms with Gasteiger partial charge in [-0.2, -0.15) is 5.26 Å². The molecule has 13 heavy (non-hydrogen) atoms. The van der Waals surface area contributed by atoms with E-state index in [1.807, 2.05) is 0 Å². The van der Waals surface area contributed by atoms with E-state index in [0.717, 1.165) is 0 Å². The van der Waals surface area contributed by atoms with Crippen molar-refractivity contribution < 1.29 is 8.78 Å². The molecule has 0 atom stereocenters. The van der Waals surface area contributed by atoms with E-state index in [4.69, 9.17) is 5.26 Å². The molecule has 0 aliphatic carbocycles. The highest BCUT2D eigenvalue weighted by Gasteiger charge is 2.14. The fourth-order valence-electron chi connectivity index (χ4n) is 0.703. The van der Waals surface area contributed by atoms with E-state index in [0.29, 0.717) is 8.95 Å². The minimum Gasteiger partial charge on any atom is -0.235 e. The first-order valence-corrected chi connectivity index (χ1v) is 4.69. The number of aromatic nitrogens is 1. The Morgan fingerprint density at radius 1 is 1.46 bits per heavy atom. The second kappa shape index (κ2) is 4.11. The van der Waals surface area contributed by atoms with Crippen molar-refractivity contribution in [3.8, 4) is 6.07 Å². The molecule has 0 fully saturated rings. The summed E-state index contributed by atoms with van der Waals surface area (Å²) in [4.78, 5) is 3.46. The topological polar surface area (TPSA) is 36.7 Å². The Hall–Kier alpha value is -0.540. The number of rotatable bonds is 1. The van der Waals surface area contributed by atoms with Crippen LogP contribution in [0.2, 0.25) is 0 Å². The molecule has 0 saturated carbocycles. The third-order valence-electron chi connectivity index (χ3n) is 1.26. The van der Waals surface area contributed by atoms with Crippen LogP contribution in [0.4, 0.5) is 8.78 Å². The predicted molar refractivity (Wildman–Crippen MR) is 49.3 cm³/mol. The average Bonchev–Trinajstić information content (AvgIpc) is 2.09. The van der Waals surface area contributed by atoms with Gasteiger partial charge in [-0.25, -0.2) is 13.8 Å². The fourth-order valence-corrected chi connectivity index (χ4v) is 1.42. The van der Waals surface area contributed by atoms with Crippen molar-refractivity contribution in [2.45, 2.75) is 6.43 Å². The zero-order valence-electron chi connectivity index (χ0n) is 6.06. The van der Waals surface area contributed by atoms with Crippen LogP contribution in [0, 0.1) is 11.3 Å². The van der Waals surface area contributed by atoms with Gasteiger partial charge in [0.15, 0.2) is 5.69 Å². The van der Waals surface area contributed by atoms with Crippen LogP contribution in [0.5, 0.6) is 0 Å².